The van der Waals surface area contributed by atoms with Crippen LogP contribution in [0.25, 0.3) is 22.2 Å². The Morgan fingerprint density at radius 2 is 1.90 bits per heavy atom. The van der Waals surface area contributed by atoms with Crippen molar-refractivity contribution < 1.29 is 17.6 Å². The number of carbonyl (C=O) groups is 1. The number of hydrogen-bond donors (Lipinski definition) is 3. The Hall–Kier alpha value is -3.70. The maximum absolute atomic E-state index is 13.2. The second-order valence-corrected chi connectivity index (χ2v) is 8.34. The lowest BCUT2D eigenvalue weighted by Gasteiger charge is -2.15. The fourth-order valence-corrected chi connectivity index (χ4v) is 3.62. The number of H-pyrrole nitrogens is 1. The molecule has 1 atom stereocenters. The predicted octanol–water partition coefficient (Wildman–Crippen LogP) is 2.30. The molecular weight excluding hydrogens is 423 g/mol. The van der Waals surface area contributed by atoms with E-state index in [1.807, 2.05) is 0 Å². The Balaban J connectivity index is 1.64. The normalized spacial score (nSPS) is 12.6. The van der Waals surface area contributed by atoms with Gasteiger partial charge >= 0.3 is 0 Å². The fourth-order valence-electron chi connectivity index (χ4n) is 3.12. The van der Waals surface area contributed by atoms with Crippen molar-refractivity contribution in [1.82, 2.24) is 25.5 Å². The van der Waals surface area contributed by atoms with Gasteiger partial charge in [-0.1, -0.05) is 6.07 Å². The van der Waals surface area contributed by atoms with E-state index in [9.17, 15) is 17.6 Å². The molecule has 1 amide bonds. The Bertz CT molecular complexity index is 1390. The molecule has 0 aliphatic rings. The summed E-state index contributed by atoms with van der Waals surface area (Å²) in [6.07, 6.45) is 2.91. The molecule has 0 spiro atoms. The Morgan fingerprint density at radius 1 is 1.16 bits per heavy atom. The van der Waals surface area contributed by atoms with E-state index in [4.69, 9.17) is 5.14 Å². The summed E-state index contributed by atoms with van der Waals surface area (Å²) in [7, 11) is -3.96. The van der Waals surface area contributed by atoms with E-state index >= 15 is 0 Å². The summed E-state index contributed by atoms with van der Waals surface area (Å²) in [5.41, 5.74) is 2.32. The highest BCUT2D eigenvalue weighted by molar-refractivity contribution is 7.89. The van der Waals surface area contributed by atoms with Gasteiger partial charge in [0.15, 0.2) is 5.03 Å². The van der Waals surface area contributed by atoms with Crippen LogP contribution in [0.5, 0.6) is 0 Å². The minimum Gasteiger partial charge on any atom is -0.344 e. The highest BCUT2D eigenvalue weighted by Gasteiger charge is 2.20. The minimum atomic E-state index is -3.96. The van der Waals surface area contributed by atoms with Crippen LogP contribution in [0.4, 0.5) is 4.39 Å². The smallest absolute Gasteiger partial charge is 0.255 e. The monoisotopic (exact) mass is 440 g/mol. The molecular formula is C20H17FN6O3S. The molecule has 9 nitrogen and oxygen atoms in total. The van der Waals surface area contributed by atoms with Crippen LogP contribution in [0.15, 0.2) is 59.9 Å². The number of carbonyl (C=O) groups excluding carboxylic acids is 1. The largest absolute Gasteiger partial charge is 0.344 e. The first-order chi connectivity index (χ1) is 14.7. The highest BCUT2D eigenvalue weighted by Crippen LogP contribution is 2.27. The topological polar surface area (TPSA) is 144 Å². The van der Waals surface area contributed by atoms with Crippen molar-refractivity contribution in [2.75, 3.05) is 0 Å². The third-order valence-electron chi connectivity index (χ3n) is 4.68. The van der Waals surface area contributed by atoms with Crippen LogP contribution < -0.4 is 10.5 Å². The Morgan fingerprint density at radius 3 is 2.61 bits per heavy atom. The van der Waals surface area contributed by atoms with Gasteiger partial charge in [-0.25, -0.2) is 22.9 Å². The van der Waals surface area contributed by atoms with Gasteiger partial charge in [-0.15, -0.1) is 0 Å². The summed E-state index contributed by atoms with van der Waals surface area (Å²) in [4.78, 5) is 21.3. The third kappa shape index (κ3) is 4.13. The third-order valence-corrected chi connectivity index (χ3v) is 5.49. The summed E-state index contributed by atoms with van der Waals surface area (Å²) in [6.45, 7) is 1.67. The van der Waals surface area contributed by atoms with Gasteiger partial charge in [-0.2, -0.15) is 5.10 Å². The molecule has 0 aliphatic carbocycles. The average Bonchev–Trinajstić information content (AvgIpc) is 3.23. The van der Waals surface area contributed by atoms with Gasteiger partial charge in [-0.05, 0) is 43.3 Å². The first kappa shape index (κ1) is 20.6. The van der Waals surface area contributed by atoms with Gasteiger partial charge in [0.25, 0.3) is 15.9 Å². The molecule has 158 valence electrons. The van der Waals surface area contributed by atoms with Gasteiger partial charge in [0.2, 0.25) is 0 Å². The zero-order chi connectivity index (χ0) is 22.2. The van der Waals surface area contributed by atoms with Crippen molar-refractivity contribution in [3.8, 4) is 11.3 Å². The van der Waals surface area contributed by atoms with E-state index < -0.39 is 22.0 Å². The first-order valence-corrected chi connectivity index (χ1v) is 10.7. The van der Waals surface area contributed by atoms with Crippen molar-refractivity contribution in [2.45, 2.75) is 18.0 Å². The number of aromatic nitrogens is 4. The van der Waals surface area contributed by atoms with E-state index in [-0.39, 0.29) is 16.4 Å². The molecule has 0 bridgehead atoms. The molecule has 4 aromatic rings. The molecule has 0 fully saturated rings. The zero-order valence-corrected chi connectivity index (χ0v) is 17.0. The second-order valence-electron chi connectivity index (χ2n) is 6.83. The number of nitrogens with zero attached hydrogens (tertiary/aromatic N) is 3. The van der Waals surface area contributed by atoms with Crippen LogP contribution in [0.2, 0.25) is 0 Å². The molecule has 31 heavy (non-hydrogen) atoms. The lowest BCUT2D eigenvalue weighted by Crippen LogP contribution is -2.28. The van der Waals surface area contributed by atoms with Crippen LogP contribution in [0, 0.1) is 5.82 Å². The van der Waals surface area contributed by atoms with E-state index in [0.717, 1.165) is 0 Å². The molecule has 0 radical (unpaired) electrons. The molecule has 11 heteroatoms. The highest BCUT2D eigenvalue weighted by atomic mass is 32.2. The molecule has 0 saturated carbocycles. The SMILES string of the molecule is C[C@H](NC(=O)c1cnc(-c2ccc(F)cc2)c2[nH]ncc12)c1cccc(S(N)(=O)=O)n1. The fraction of sp³-hybridized carbons (Fsp3) is 0.100. The number of halogens is 1. The second kappa shape index (κ2) is 7.85. The van der Waals surface area contributed by atoms with Crippen LogP contribution in [-0.2, 0) is 10.0 Å². The number of pyridine rings is 2. The number of fused-ring (bicyclic) bond motifs is 1. The van der Waals surface area contributed by atoms with E-state index in [2.05, 4.69) is 25.5 Å². The van der Waals surface area contributed by atoms with Crippen LogP contribution in [0.1, 0.15) is 29.0 Å². The van der Waals surface area contributed by atoms with E-state index in [0.29, 0.717) is 27.9 Å². The molecule has 1 aromatic carbocycles. The number of rotatable bonds is 5. The van der Waals surface area contributed by atoms with Gasteiger partial charge in [0, 0.05) is 17.1 Å². The number of primary sulfonamides is 1. The molecule has 4 N–H and O–H groups in total. The van der Waals surface area contributed by atoms with Crippen LogP contribution >= 0.6 is 0 Å². The Kier molecular flexibility index (Phi) is 5.21. The predicted molar refractivity (Wildman–Crippen MR) is 111 cm³/mol. The molecule has 0 unspecified atom stereocenters. The summed E-state index contributed by atoms with van der Waals surface area (Å²) in [6, 6.07) is 9.58. The zero-order valence-electron chi connectivity index (χ0n) is 16.2. The van der Waals surface area contributed by atoms with Crippen LogP contribution in [0.3, 0.4) is 0 Å². The molecule has 3 heterocycles. The Labute approximate surface area is 176 Å². The number of benzene rings is 1. The van der Waals surface area contributed by atoms with Crippen molar-refractivity contribution in [2.24, 2.45) is 5.14 Å². The summed E-state index contributed by atoms with van der Waals surface area (Å²) in [5.74, 6) is -0.811. The van der Waals surface area contributed by atoms with Crippen LogP contribution in [-0.4, -0.2) is 34.5 Å². The lowest BCUT2D eigenvalue weighted by molar-refractivity contribution is 0.0940. The van der Waals surface area contributed by atoms with Gasteiger partial charge in [0.1, 0.15) is 5.82 Å². The number of amides is 1. The van der Waals surface area contributed by atoms with E-state index in [1.54, 1.807) is 25.1 Å². The lowest BCUT2D eigenvalue weighted by atomic mass is 10.1. The van der Waals surface area contributed by atoms with Gasteiger partial charge in [0.05, 0.1) is 34.7 Å². The first-order valence-electron chi connectivity index (χ1n) is 9.12. The quantitative estimate of drug-likeness (QED) is 0.434. The number of hydrogen-bond acceptors (Lipinski definition) is 6. The maximum Gasteiger partial charge on any atom is 0.255 e. The number of sulfonamides is 1. The standard InChI is InChI=1S/C20H17FN6O3S/c1-11(16-3-2-4-17(26-16)31(22,29)30)25-20(28)15-9-23-18(19-14(15)10-24-27-19)12-5-7-13(21)8-6-12/h2-11H,1H3,(H,24,27)(H,25,28)(H2,22,29,30)/t11-/m0/s1. The van der Waals surface area contributed by atoms with E-state index in [1.165, 1.54) is 36.7 Å². The van der Waals surface area contributed by atoms with Crippen molar-refractivity contribution in [3.05, 3.63) is 71.9 Å². The number of nitrogens with two attached hydrogens (primary N) is 1. The summed E-state index contributed by atoms with van der Waals surface area (Å²) < 4.78 is 36.3. The number of aromatic amines is 1. The van der Waals surface area contributed by atoms with Gasteiger partial charge < -0.3 is 5.32 Å². The van der Waals surface area contributed by atoms with Gasteiger partial charge in [-0.3, -0.25) is 14.9 Å². The summed E-state index contributed by atoms with van der Waals surface area (Å²) in [5, 5.41) is 15.0. The summed E-state index contributed by atoms with van der Waals surface area (Å²) >= 11 is 0. The molecule has 4 rings (SSSR count). The average molecular weight is 440 g/mol. The minimum absolute atomic E-state index is 0.268. The van der Waals surface area contributed by atoms with Crippen molar-refractivity contribution in [1.29, 1.82) is 0 Å². The van der Waals surface area contributed by atoms with Crippen molar-refractivity contribution >= 4 is 26.8 Å². The molecule has 3 aromatic heterocycles. The molecule has 0 aliphatic heterocycles. The number of nitrogens with one attached hydrogen (secondary N) is 2. The molecule has 0 saturated heterocycles. The maximum atomic E-state index is 13.2. The van der Waals surface area contributed by atoms with Crippen molar-refractivity contribution in [3.63, 3.8) is 0 Å².